The fourth-order valence-electron chi connectivity index (χ4n) is 3.08. The van der Waals surface area contributed by atoms with Gasteiger partial charge in [0, 0.05) is 38.9 Å². The van der Waals surface area contributed by atoms with Gasteiger partial charge in [-0.3, -0.25) is 0 Å². The fourth-order valence-corrected chi connectivity index (χ4v) is 3.08. The summed E-state index contributed by atoms with van der Waals surface area (Å²) in [6.45, 7) is 0.897. The number of anilines is 1. The van der Waals surface area contributed by atoms with Crippen molar-refractivity contribution in [2.75, 3.05) is 32.6 Å². The van der Waals surface area contributed by atoms with Gasteiger partial charge in [-0.15, -0.1) is 0 Å². The van der Waals surface area contributed by atoms with E-state index in [0.29, 0.717) is 0 Å². The Kier molecular flexibility index (Phi) is 2.08. The van der Waals surface area contributed by atoms with Gasteiger partial charge in [0.2, 0.25) is 0 Å². The molecule has 1 saturated heterocycles. The van der Waals surface area contributed by atoms with E-state index >= 15 is 0 Å². The summed E-state index contributed by atoms with van der Waals surface area (Å²) in [4.78, 5) is 18.0. The number of likely N-dealkylation sites (N-methyl/N-ethyl adjacent to an activating group) is 3. The number of benzene rings is 1. The van der Waals surface area contributed by atoms with Crippen LogP contribution in [0.25, 0.3) is 0 Å². The fraction of sp³-hybridized carbons (Fsp3) is 0.462. The van der Waals surface area contributed by atoms with Crippen molar-refractivity contribution in [2.45, 2.75) is 12.1 Å². The van der Waals surface area contributed by atoms with Crippen molar-refractivity contribution < 1.29 is 4.79 Å². The van der Waals surface area contributed by atoms with Gasteiger partial charge < -0.3 is 14.7 Å². The molecule has 3 rings (SSSR count). The summed E-state index contributed by atoms with van der Waals surface area (Å²) >= 11 is 0. The Morgan fingerprint density at radius 3 is 2.59 bits per heavy atom. The molecule has 2 aliphatic heterocycles. The lowest BCUT2D eigenvalue weighted by Crippen LogP contribution is -2.44. The summed E-state index contributed by atoms with van der Waals surface area (Å²) < 4.78 is 0. The molecule has 2 heterocycles. The van der Waals surface area contributed by atoms with Gasteiger partial charge in [0.25, 0.3) is 0 Å². The Bertz CT molecular complexity index is 473. The third kappa shape index (κ3) is 1.27. The number of carbonyl (C=O) groups excluding carboxylic acids is 1. The van der Waals surface area contributed by atoms with Crippen LogP contribution in [0.4, 0.5) is 10.5 Å². The zero-order chi connectivity index (χ0) is 12.2. The molecule has 0 saturated carbocycles. The quantitative estimate of drug-likeness (QED) is 0.677. The molecule has 0 aliphatic carbocycles. The number of para-hydroxylation sites is 1. The Morgan fingerprint density at radius 2 is 1.82 bits per heavy atom. The van der Waals surface area contributed by atoms with Crippen LogP contribution in [0.2, 0.25) is 0 Å². The SMILES string of the molecule is CN1C[C@@H]2[C@H](c3ccccc31)N(C)C(=O)N2C. The summed E-state index contributed by atoms with van der Waals surface area (Å²) in [5.41, 5.74) is 2.50. The Morgan fingerprint density at radius 1 is 1.12 bits per heavy atom. The first-order valence-electron chi connectivity index (χ1n) is 5.91. The molecule has 0 unspecified atom stereocenters. The highest BCUT2D eigenvalue weighted by molar-refractivity contribution is 5.79. The van der Waals surface area contributed by atoms with Crippen LogP contribution in [-0.4, -0.2) is 49.6 Å². The molecule has 0 radical (unpaired) electrons. The summed E-state index contributed by atoms with van der Waals surface area (Å²) in [5, 5.41) is 0. The molecular formula is C13H17N3O. The molecule has 2 atom stereocenters. The predicted molar refractivity (Wildman–Crippen MR) is 67.2 cm³/mol. The van der Waals surface area contributed by atoms with Crippen LogP contribution in [0.5, 0.6) is 0 Å². The Labute approximate surface area is 101 Å². The summed E-state index contributed by atoms with van der Waals surface area (Å²) in [5.74, 6) is 0. The number of hydrogen-bond acceptors (Lipinski definition) is 2. The number of nitrogens with zero attached hydrogens (tertiary/aromatic N) is 3. The molecule has 1 aromatic carbocycles. The van der Waals surface area contributed by atoms with E-state index in [9.17, 15) is 4.79 Å². The maximum atomic E-state index is 12.0. The second-order valence-corrected chi connectivity index (χ2v) is 4.96. The minimum absolute atomic E-state index is 0.116. The number of fused-ring (bicyclic) bond motifs is 3. The second kappa shape index (κ2) is 3.39. The summed E-state index contributed by atoms with van der Waals surface area (Å²) in [7, 11) is 5.88. The van der Waals surface area contributed by atoms with E-state index < -0.39 is 0 Å². The van der Waals surface area contributed by atoms with Crippen molar-refractivity contribution in [3.63, 3.8) is 0 Å². The smallest absolute Gasteiger partial charge is 0.320 e. The molecule has 1 aromatic rings. The maximum absolute atomic E-state index is 12.0. The molecule has 0 bridgehead atoms. The minimum atomic E-state index is 0.116. The number of carbonyl (C=O) groups is 1. The van der Waals surface area contributed by atoms with Crippen molar-refractivity contribution >= 4 is 11.7 Å². The molecule has 90 valence electrons. The predicted octanol–water partition coefficient (Wildman–Crippen LogP) is 1.54. The third-order valence-corrected chi connectivity index (χ3v) is 4.01. The molecule has 0 aromatic heterocycles. The first kappa shape index (κ1) is 10.4. The lowest BCUT2D eigenvalue weighted by Gasteiger charge is -2.38. The third-order valence-electron chi connectivity index (χ3n) is 4.01. The molecule has 0 spiro atoms. The minimum Gasteiger partial charge on any atom is -0.372 e. The lowest BCUT2D eigenvalue weighted by molar-refractivity contribution is 0.200. The highest BCUT2D eigenvalue weighted by atomic mass is 16.2. The van der Waals surface area contributed by atoms with Crippen LogP contribution >= 0.6 is 0 Å². The largest absolute Gasteiger partial charge is 0.372 e. The molecule has 2 aliphatic rings. The Hall–Kier alpha value is -1.71. The van der Waals surface area contributed by atoms with Gasteiger partial charge in [0.1, 0.15) is 0 Å². The van der Waals surface area contributed by atoms with Crippen molar-refractivity contribution in [3.8, 4) is 0 Å². The molecule has 0 N–H and O–H groups in total. The van der Waals surface area contributed by atoms with Crippen LogP contribution in [0.15, 0.2) is 24.3 Å². The molecule has 17 heavy (non-hydrogen) atoms. The summed E-state index contributed by atoms with van der Waals surface area (Å²) in [6.07, 6.45) is 0. The van der Waals surface area contributed by atoms with Crippen molar-refractivity contribution in [1.82, 2.24) is 9.80 Å². The second-order valence-electron chi connectivity index (χ2n) is 4.96. The highest BCUT2D eigenvalue weighted by Gasteiger charge is 2.46. The first-order chi connectivity index (χ1) is 8.11. The molecule has 4 heteroatoms. The molecular weight excluding hydrogens is 214 g/mol. The van der Waals surface area contributed by atoms with Gasteiger partial charge in [0.15, 0.2) is 0 Å². The van der Waals surface area contributed by atoms with Gasteiger partial charge in [-0.25, -0.2) is 4.79 Å². The van der Waals surface area contributed by atoms with Gasteiger partial charge in [-0.1, -0.05) is 18.2 Å². The number of amides is 2. The molecule has 2 amide bonds. The van der Waals surface area contributed by atoms with Gasteiger partial charge in [-0.05, 0) is 6.07 Å². The molecule has 1 fully saturated rings. The van der Waals surface area contributed by atoms with Gasteiger partial charge in [0.05, 0.1) is 12.1 Å². The van der Waals surface area contributed by atoms with Crippen LogP contribution in [-0.2, 0) is 0 Å². The van der Waals surface area contributed by atoms with Gasteiger partial charge in [-0.2, -0.15) is 0 Å². The van der Waals surface area contributed by atoms with E-state index in [1.165, 1.54) is 11.3 Å². The number of hydrogen-bond donors (Lipinski definition) is 0. The van der Waals surface area contributed by atoms with Crippen molar-refractivity contribution in [3.05, 3.63) is 29.8 Å². The van der Waals surface area contributed by atoms with Crippen molar-refractivity contribution in [2.24, 2.45) is 0 Å². The van der Waals surface area contributed by atoms with Crippen molar-refractivity contribution in [1.29, 1.82) is 0 Å². The van der Waals surface area contributed by atoms with E-state index in [1.54, 1.807) is 0 Å². The van der Waals surface area contributed by atoms with Crippen LogP contribution < -0.4 is 4.90 Å². The first-order valence-corrected chi connectivity index (χ1v) is 5.91. The Balaban J connectivity index is 2.13. The van der Waals surface area contributed by atoms with Gasteiger partial charge >= 0.3 is 6.03 Å². The van der Waals surface area contributed by atoms with Crippen LogP contribution in [0.3, 0.4) is 0 Å². The zero-order valence-electron chi connectivity index (χ0n) is 10.4. The number of rotatable bonds is 0. The molecule has 4 nitrogen and oxygen atoms in total. The topological polar surface area (TPSA) is 26.8 Å². The van der Waals surface area contributed by atoms with E-state index in [0.717, 1.165) is 6.54 Å². The van der Waals surface area contributed by atoms with Crippen LogP contribution in [0, 0.1) is 0 Å². The zero-order valence-corrected chi connectivity index (χ0v) is 10.4. The van der Waals surface area contributed by atoms with E-state index in [4.69, 9.17) is 0 Å². The lowest BCUT2D eigenvalue weighted by atomic mass is 9.93. The number of urea groups is 1. The highest BCUT2D eigenvalue weighted by Crippen LogP contribution is 2.41. The standard InChI is InChI=1S/C13H17N3O/c1-14-8-11-12(16(3)13(17)15(11)2)9-6-4-5-7-10(9)14/h4-7,11-12H,8H2,1-3H3/t11-,12+/m1/s1. The van der Waals surface area contributed by atoms with Crippen LogP contribution in [0.1, 0.15) is 11.6 Å². The normalized spacial score (nSPS) is 27.2. The monoisotopic (exact) mass is 231 g/mol. The maximum Gasteiger partial charge on any atom is 0.320 e. The van der Waals surface area contributed by atoms with E-state index in [-0.39, 0.29) is 18.1 Å². The average Bonchev–Trinajstić information content (AvgIpc) is 2.55. The van der Waals surface area contributed by atoms with E-state index in [1.807, 2.05) is 30.0 Å². The summed E-state index contributed by atoms with van der Waals surface area (Å²) in [6, 6.07) is 8.92. The van der Waals surface area contributed by atoms with E-state index in [2.05, 4.69) is 30.1 Å². The average molecular weight is 231 g/mol.